The zero-order chi connectivity index (χ0) is 18.8. The lowest BCUT2D eigenvalue weighted by Gasteiger charge is -2.24. The van der Waals surface area contributed by atoms with E-state index in [9.17, 15) is 4.79 Å². The van der Waals surface area contributed by atoms with Gasteiger partial charge in [0, 0.05) is 17.9 Å². The first-order valence-electron chi connectivity index (χ1n) is 9.32. The van der Waals surface area contributed by atoms with Gasteiger partial charge in [0.05, 0.1) is 11.6 Å². The predicted octanol–water partition coefficient (Wildman–Crippen LogP) is 4.66. The van der Waals surface area contributed by atoms with Gasteiger partial charge < -0.3 is 10.2 Å². The number of carbonyl (C=O) groups is 1. The molecule has 0 bridgehead atoms. The molecule has 1 amide bonds. The number of hydrogen-bond acceptors (Lipinski definition) is 3. The second-order valence-corrected chi connectivity index (χ2v) is 7.06. The molecule has 2 unspecified atom stereocenters. The summed E-state index contributed by atoms with van der Waals surface area (Å²) < 4.78 is 0. The van der Waals surface area contributed by atoms with Crippen molar-refractivity contribution in [3.63, 3.8) is 0 Å². The average Bonchev–Trinajstić information content (AvgIpc) is 3.04. The van der Waals surface area contributed by atoms with Crippen LogP contribution in [0.15, 0.2) is 72.9 Å². The lowest BCUT2D eigenvalue weighted by atomic mass is 10.1. The van der Waals surface area contributed by atoms with E-state index in [0.29, 0.717) is 11.6 Å². The Labute approximate surface area is 159 Å². The van der Waals surface area contributed by atoms with Crippen LogP contribution in [0.1, 0.15) is 41.4 Å². The van der Waals surface area contributed by atoms with Crippen LogP contribution in [-0.4, -0.2) is 16.9 Å². The highest BCUT2D eigenvalue weighted by Crippen LogP contribution is 2.36. The van der Waals surface area contributed by atoms with E-state index in [1.165, 1.54) is 11.3 Å². The number of amides is 1. The van der Waals surface area contributed by atoms with Crippen LogP contribution in [0.5, 0.6) is 0 Å². The third kappa shape index (κ3) is 3.43. The van der Waals surface area contributed by atoms with E-state index in [1.807, 2.05) is 49.4 Å². The average molecular weight is 357 g/mol. The van der Waals surface area contributed by atoms with E-state index in [4.69, 9.17) is 0 Å². The minimum absolute atomic E-state index is 0.0520. The fourth-order valence-electron chi connectivity index (χ4n) is 3.68. The number of rotatable bonds is 4. The smallest absolute Gasteiger partial charge is 0.253 e. The molecule has 4 rings (SSSR count). The summed E-state index contributed by atoms with van der Waals surface area (Å²) in [6, 6.07) is 22.4. The maximum Gasteiger partial charge on any atom is 0.253 e. The molecule has 0 saturated carbocycles. The van der Waals surface area contributed by atoms with Crippen molar-refractivity contribution in [1.29, 1.82) is 0 Å². The lowest BCUT2D eigenvalue weighted by molar-refractivity contribution is 0.0939. The standard InChI is InChI=1S/C23H23N3O/c1-16-14-19-10-6-7-11-21(19)26(16)22-13-12-20(15-24-22)23(27)25-17(2)18-8-4-3-5-9-18/h3-13,15-17H,14H2,1-2H3,(H,25,27). The van der Waals surface area contributed by atoms with Gasteiger partial charge >= 0.3 is 0 Å². The fourth-order valence-corrected chi connectivity index (χ4v) is 3.68. The zero-order valence-corrected chi connectivity index (χ0v) is 15.6. The second kappa shape index (κ2) is 7.23. The molecule has 2 atom stereocenters. The van der Waals surface area contributed by atoms with Gasteiger partial charge in [0.1, 0.15) is 5.82 Å². The van der Waals surface area contributed by atoms with Crippen molar-refractivity contribution in [2.45, 2.75) is 32.4 Å². The topological polar surface area (TPSA) is 45.2 Å². The number of hydrogen-bond donors (Lipinski definition) is 1. The van der Waals surface area contributed by atoms with Gasteiger partial charge in [-0.1, -0.05) is 48.5 Å². The van der Waals surface area contributed by atoms with Crippen molar-refractivity contribution in [2.24, 2.45) is 0 Å². The van der Waals surface area contributed by atoms with E-state index in [-0.39, 0.29) is 11.9 Å². The second-order valence-electron chi connectivity index (χ2n) is 7.06. The number of nitrogens with zero attached hydrogens (tertiary/aromatic N) is 2. The van der Waals surface area contributed by atoms with Crippen molar-refractivity contribution < 1.29 is 4.79 Å². The van der Waals surface area contributed by atoms with Gasteiger partial charge in [-0.2, -0.15) is 0 Å². The van der Waals surface area contributed by atoms with Crippen LogP contribution in [0.4, 0.5) is 11.5 Å². The molecular weight excluding hydrogens is 334 g/mol. The van der Waals surface area contributed by atoms with Crippen molar-refractivity contribution in [1.82, 2.24) is 10.3 Å². The quantitative estimate of drug-likeness (QED) is 0.739. The number of para-hydroxylation sites is 1. The van der Waals surface area contributed by atoms with Crippen molar-refractivity contribution in [2.75, 3.05) is 4.90 Å². The van der Waals surface area contributed by atoms with E-state index in [0.717, 1.165) is 17.8 Å². The van der Waals surface area contributed by atoms with Crippen LogP contribution < -0.4 is 10.2 Å². The number of benzene rings is 2. The number of fused-ring (bicyclic) bond motifs is 1. The largest absolute Gasteiger partial charge is 0.345 e. The summed E-state index contributed by atoms with van der Waals surface area (Å²) in [6.45, 7) is 4.18. The fraction of sp³-hybridized carbons (Fsp3) is 0.217. The molecule has 0 fully saturated rings. The normalized spacial score (nSPS) is 16.7. The summed E-state index contributed by atoms with van der Waals surface area (Å²) in [5, 5.41) is 3.03. The Kier molecular flexibility index (Phi) is 4.63. The monoisotopic (exact) mass is 357 g/mol. The molecule has 1 aliphatic rings. The molecule has 4 heteroatoms. The van der Waals surface area contributed by atoms with Gasteiger partial charge in [-0.25, -0.2) is 4.98 Å². The van der Waals surface area contributed by atoms with Crippen LogP contribution >= 0.6 is 0 Å². The highest BCUT2D eigenvalue weighted by Gasteiger charge is 2.27. The Morgan fingerprint density at radius 1 is 1.07 bits per heavy atom. The molecule has 4 nitrogen and oxygen atoms in total. The maximum atomic E-state index is 12.6. The van der Waals surface area contributed by atoms with E-state index in [1.54, 1.807) is 6.20 Å². The summed E-state index contributed by atoms with van der Waals surface area (Å²) in [7, 11) is 0. The Morgan fingerprint density at radius 3 is 2.56 bits per heavy atom. The van der Waals surface area contributed by atoms with Crippen LogP contribution in [0.2, 0.25) is 0 Å². The highest BCUT2D eigenvalue weighted by atomic mass is 16.1. The van der Waals surface area contributed by atoms with Crippen LogP contribution in [0.25, 0.3) is 0 Å². The molecule has 3 aromatic rings. The third-order valence-corrected chi connectivity index (χ3v) is 5.11. The van der Waals surface area contributed by atoms with Crippen molar-refractivity contribution >= 4 is 17.4 Å². The van der Waals surface area contributed by atoms with Gasteiger partial charge in [0.15, 0.2) is 0 Å². The SMILES string of the molecule is CC(NC(=O)c1ccc(N2c3ccccc3CC2C)nc1)c1ccccc1. The van der Waals surface area contributed by atoms with Crippen molar-refractivity contribution in [3.05, 3.63) is 89.6 Å². The maximum absolute atomic E-state index is 12.6. The Morgan fingerprint density at radius 2 is 1.81 bits per heavy atom. The molecule has 0 radical (unpaired) electrons. The lowest BCUT2D eigenvalue weighted by Crippen LogP contribution is -2.27. The molecule has 1 aliphatic heterocycles. The zero-order valence-electron chi connectivity index (χ0n) is 15.6. The summed E-state index contributed by atoms with van der Waals surface area (Å²) in [5.74, 6) is 0.764. The summed E-state index contributed by atoms with van der Waals surface area (Å²) in [6.07, 6.45) is 2.67. The molecule has 0 aliphatic carbocycles. The highest BCUT2D eigenvalue weighted by molar-refractivity contribution is 5.94. The molecule has 2 aromatic carbocycles. The first-order valence-corrected chi connectivity index (χ1v) is 9.32. The molecule has 136 valence electrons. The van der Waals surface area contributed by atoms with E-state index < -0.39 is 0 Å². The minimum atomic E-state index is -0.111. The van der Waals surface area contributed by atoms with E-state index >= 15 is 0 Å². The first-order chi connectivity index (χ1) is 13.1. The summed E-state index contributed by atoms with van der Waals surface area (Å²) in [5.41, 5.74) is 4.19. The van der Waals surface area contributed by atoms with Crippen LogP contribution in [-0.2, 0) is 6.42 Å². The number of aromatic nitrogens is 1. The Hall–Kier alpha value is -3.14. The summed E-state index contributed by atoms with van der Waals surface area (Å²) >= 11 is 0. The molecular formula is C23H23N3O. The van der Waals surface area contributed by atoms with Gasteiger partial charge in [-0.15, -0.1) is 0 Å². The summed E-state index contributed by atoms with van der Waals surface area (Å²) in [4.78, 5) is 19.4. The molecule has 0 saturated heterocycles. The Balaban J connectivity index is 1.50. The van der Waals surface area contributed by atoms with Gasteiger partial charge in [0.2, 0.25) is 0 Å². The Bertz CT molecular complexity index is 937. The van der Waals surface area contributed by atoms with E-state index in [2.05, 4.69) is 46.4 Å². The minimum Gasteiger partial charge on any atom is -0.345 e. The number of anilines is 2. The molecule has 1 N–H and O–H groups in total. The van der Waals surface area contributed by atoms with Crippen molar-refractivity contribution in [3.8, 4) is 0 Å². The number of pyridine rings is 1. The number of carbonyl (C=O) groups excluding carboxylic acids is 1. The van der Waals surface area contributed by atoms with Crippen LogP contribution in [0.3, 0.4) is 0 Å². The van der Waals surface area contributed by atoms with Gasteiger partial charge in [0.25, 0.3) is 5.91 Å². The molecule has 0 spiro atoms. The van der Waals surface area contributed by atoms with Crippen LogP contribution in [0, 0.1) is 0 Å². The number of nitrogens with one attached hydrogen (secondary N) is 1. The molecule has 27 heavy (non-hydrogen) atoms. The third-order valence-electron chi connectivity index (χ3n) is 5.11. The van der Waals surface area contributed by atoms with Gasteiger partial charge in [-0.3, -0.25) is 4.79 Å². The van der Waals surface area contributed by atoms with Gasteiger partial charge in [-0.05, 0) is 49.6 Å². The molecule has 2 heterocycles. The first kappa shape index (κ1) is 17.3. The molecule has 1 aromatic heterocycles. The predicted molar refractivity (Wildman–Crippen MR) is 108 cm³/mol.